The average molecular weight is 272 g/mol. The van der Waals surface area contributed by atoms with Crippen LogP contribution in [-0.4, -0.2) is 51.6 Å². The highest BCUT2D eigenvalue weighted by Crippen LogP contribution is 2.29. The van der Waals surface area contributed by atoms with Gasteiger partial charge in [-0.15, -0.1) is 0 Å². The number of nitrogens with zero attached hydrogens (tertiary/aromatic N) is 1. The predicted octanol–water partition coefficient (Wildman–Crippen LogP) is 1.53. The summed E-state index contributed by atoms with van der Waals surface area (Å²) in [7, 11) is 0. The van der Waals surface area contributed by atoms with Crippen molar-refractivity contribution < 1.29 is 14.7 Å². The molecule has 1 heterocycles. The Kier molecular flexibility index (Phi) is 4.04. The number of thioether (sulfide) groups is 1. The minimum Gasteiger partial charge on any atom is -0.480 e. The second-order valence-electron chi connectivity index (χ2n) is 5.32. The highest BCUT2D eigenvalue weighted by Gasteiger charge is 2.36. The molecule has 1 aliphatic carbocycles. The van der Waals surface area contributed by atoms with E-state index < -0.39 is 12.0 Å². The summed E-state index contributed by atoms with van der Waals surface area (Å²) in [6.07, 6.45) is 4.24. The molecule has 2 amide bonds. The molecule has 102 valence electrons. The Morgan fingerprint density at radius 3 is 2.67 bits per heavy atom. The van der Waals surface area contributed by atoms with Gasteiger partial charge in [0.15, 0.2) is 0 Å². The van der Waals surface area contributed by atoms with Crippen LogP contribution in [-0.2, 0) is 4.79 Å². The maximum absolute atomic E-state index is 12.2. The van der Waals surface area contributed by atoms with Gasteiger partial charge >= 0.3 is 12.0 Å². The fraction of sp³-hybridized carbons (Fsp3) is 0.833. The fourth-order valence-corrected chi connectivity index (χ4v) is 3.70. The van der Waals surface area contributed by atoms with Gasteiger partial charge in [0.1, 0.15) is 6.04 Å². The normalized spacial score (nSPS) is 26.9. The molecule has 0 spiro atoms. The second kappa shape index (κ2) is 5.38. The van der Waals surface area contributed by atoms with Crippen LogP contribution in [0, 0.1) is 0 Å². The van der Waals surface area contributed by atoms with Crippen molar-refractivity contribution >= 4 is 23.8 Å². The smallest absolute Gasteiger partial charge is 0.327 e. The molecule has 2 fully saturated rings. The van der Waals surface area contributed by atoms with Gasteiger partial charge in [-0.3, -0.25) is 0 Å². The van der Waals surface area contributed by atoms with Crippen LogP contribution in [0.5, 0.6) is 0 Å². The Morgan fingerprint density at radius 2 is 2.06 bits per heavy atom. The first-order chi connectivity index (χ1) is 8.52. The number of rotatable bonds is 2. The number of nitrogens with one attached hydrogen (secondary N) is 1. The number of hydrogen-bond donors (Lipinski definition) is 2. The Labute approximate surface area is 111 Å². The zero-order chi connectivity index (χ0) is 13.2. The molecule has 0 aromatic carbocycles. The lowest BCUT2D eigenvalue weighted by Crippen LogP contribution is -2.57. The van der Waals surface area contributed by atoms with Crippen molar-refractivity contribution in [1.29, 1.82) is 0 Å². The average Bonchev–Trinajstić information content (AvgIpc) is 2.75. The Bertz CT molecular complexity index is 342. The van der Waals surface area contributed by atoms with Crippen molar-refractivity contribution in [2.24, 2.45) is 0 Å². The largest absolute Gasteiger partial charge is 0.480 e. The molecule has 0 bridgehead atoms. The van der Waals surface area contributed by atoms with Gasteiger partial charge in [-0.1, -0.05) is 12.8 Å². The molecule has 2 aliphatic rings. The van der Waals surface area contributed by atoms with Crippen LogP contribution >= 0.6 is 11.8 Å². The van der Waals surface area contributed by atoms with Gasteiger partial charge in [-0.25, -0.2) is 9.59 Å². The minimum atomic E-state index is -0.908. The van der Waals surface area contributed by atoms with E-state index in [0.717, 1.165) is 31.4 Å². The third-order valence-electron chi connectivity index (χ3n) is 3.79. The third-order valence-corrected chi connectivity index (χ3v) is 4.81. The molecule has 1 unspecified atom stereocenters. The van der Waals surface area contributed by atoms with Crippen LogP contribution < -0.4 is 5.32 Å². The summed E-state index contributed by atoms with van der Waals surface area (Å²) in [5, 5.41) is 12.2. The van der Waals surface area contributed by atoms with Gasteiger partial charge in [-0.05, 0) is 19.8 Å². The molecule has 0 radical (unpaired) electrons. The summed E-state index contributed by atoms with van der Waals surface area (Å²) in [6.45, 7) is 2.57. The van der Waals surface area contributed by atoms with E-state index in [2.05, 4.69) is 5.32 Å². The quantitative estimate of drug-likeness (QED) is 0.800. The molecule has 6 heteroatoms. The van der Waals surface area contributed by atoms with E-state index in [4.69, 9.17) is 5.11 Å². The van der Waals surface area contributed by atoms with Crippen molar-refractivity contribution in [3.05, 3.63) is 0 Å². The van der Waals surface area contributed by atoms with Crippen molar-refractivity contribution in [3.8, 4) is 0 Å². The summed E-state index contributed by atoms with van der Waals surface area (Å²) < 4.78 is 0. The van der Waals surface area contributed by atoms with Crippen molar-refractivity contribution in [2.45, 2.75) is 44.2 Å². The molecule has 2 N–H and O–H groups in total. The zero-order valence-electron chi connectivity index (χ0n) is 10.6. The van der Waals surface area contributed by atoms with E-state index in [1.807, 2.05) is 6.92 Å². The lowest BCUT2D eigenvalue weighted by molar-refractivity contribution is -0.141. The Morgan fingerprint density at radius 1 is 1.39 bits per heavy atom. The van der Waals surface area contributed by atoms with Crippen molar-refractivity contribution in [1.82, 2.24) is 10.2 Å². The monoisotopic (exact) mass is 272 g/mol. The number of carboxylic acids is 1. The van der Waals surface area contributed by atoms with E-state index in [1.165, 1.54) is 4.90 Å². The number of amides is 2. The van der Waals surface area contributed by atoms with E-state index in [1.54, 1.807) is 11.8 Å². The number of aliphatic carboxylic acids is 1. The molecule has 1 saturated carbocycles. The molecule has 1 saturated heterocycles. The summed E-state index contributed by atoms with van der Waals surface area (Å²) >= 11 is 1.59. The van der Waals surface area contributed by atoms with Gasteiger partial charge in [0, 0.05) is 23.6 Å². The van der Waals surface area contributed by atoms with E-state index in [-0.39, 0.29) is 11.6 Å². The minimum absolute atomic E-state index is 0.148. The van der Waals surface area contributed by atoms with E-state index in [9.17, 15) is 9.59 Å². The zero-order valence-corrected chi connectivity index (χ0v) is 11.5. The Balaban J connectivity index is 2.00. The number of carbonyl (C=O) groups excluding carboxylic acids is 1. The molecule has 2 rings (SSSR count). The molecule has 1 aliphatic heterocycles. The summed E-state index contributed by atoms with van der Waals surface area (Å²) in [4.78, 5) is 24.8. The van der Waals surface area contributed by atoms with Crippen LogP contribution in [0.1, 0.15) is 32.6 Å². The van der Waals surface area contributed by atoms with Crippen molar-refractivity contribution in [2.75, 3.05) is 18.1 Å². The predicted molar refractivity (Wildman–Crippen MR) is 70.9 cm³/mol. The second-order valence-corrected chi connectivity index (χ2v) is 6.47. The maximum Gasteiger partial charge on any atom is 0.327 e. The van der Waals surface area contributed by atoms with Crippen molar-refractivity contribution in [3.63, 3.8) is 0 Å². The van der Waals surface area contributed by atoms with Gasteiger partial charge in [0.25, 0.3) is 0 Å². The van der Waals surface area contributed by atoms with Crippen LogP contribution in [0.3, 0.4) is 0 Å². The molecular weight excluding hydrogens is 252 g/mol. The highest BCUT2D eigenvalue weighted by molar-refractivity contribution is 7.99. The molecule has 18 heavy (non-hydrogen) atoms. The standard InChI is InChI=1S/C12H20N2O3S/c1-12(4-2-3-5-12)13-11(17)14-6-7-18-8-9(14)10(15)16/h9H,2-8H2,1H3,(H,13,17)(H,15,16). The first-order valence-electron chi connectivity index (χ1n) is 6.41. The van der Waals surface area contributed by atoms with Crippen LogP contribution in [0.15, 0.2) is 0 Å². The van der Waals surface area contributed by atoms with Gasteiger partial charge in [0.05, 0.1) is 0 Å². The number of carbonyl (C=O) groups is 2. The van der Waals surface area contributed by atoms with Gasteiger partial charge in [0.2, 0.25) is 0 Å². The summed E-state index contributed by atoms with van der Waals surface area (Å²) in [5.74, 6) is 0.391. The van der Waals surface area contributed by atoms with Crippen LogP contribution in [0.2, 0.25) is 0 Å². The van der Waals surface area contributed by atoms with E-state index in [0.29, 0.717) is 12.3 Å². The number of hydrogen-bond acceptors (Lipinski definition) is 3. The molecule has 1 atom stereocenters. The maximum atomic E-state index is 12.2. The summed E-state index contributed by atoms with van der Waals surface area (Å²) in [6, 6.07) is -0.902. The molecular formula is C12H20N2O3S. The lowest BCUT2D eigenvalue weighted by Gasteiger charge is -2.36. The third kappa shape index (κ3) is 2.91. The fourth-order valence-electron chi connectivity index (χ4n) is 2.66. The van der Waals surface area contributed by atoms with Crippen LogP contribution in [0.4, 0.5) is 4.79 Å². The van der Waals surface area contributed by atoms with Gasteiger partial charge < -0.3 is 15.3 Å². The molecule has 0 aromatic rings. The van der Waals surface area contributed by atoms with E-state index >= 15 is 0 Å². The van der Waals surface area contributed by atoms with Crippen LogP contribution in [0.25, 0.3) is 0 Å². The first-order valence-corrected chi connectivity index (χ1v) is 7.57. The highest BCUT2D eigenvalue weighted by atomic mass is 32.2. The SMILES string of the molecule is CC1(NC(=O)N2CCSCC2C(=O)O)CCCC1. The lowest BCUT2D eigenvalue weighted by atomic mass is 10.0. The topological polar surface area (TPSA) is 69.6 Å². The molecule has 0 aromatic heterocycles. The summed E-state index contributed by atoms with van der Waals surface area (Å²) in [5.41, 5.74) is -0.148. The number of urea groups is 1. The molecule has 5 nitrogen and oxygen atoms in total. The Hall–Kier alpha value is -0.910. The first kappa shape index (κ1) is 13.5. The number of carboxylic acid groups (broad SMARTS) is 1. The van der Waals surface area contributed by atoms with Gasteiger partial charge in [-0.2, -0.15) is 11.8 Å².